The van der Waals surface area contributed by atoms with Crippen LogP contribution >= 0.6 is 0 Å². The van der Waals surface area contributed by atoms with Gasteiger partial charge in [0.2, 0.25) is 0 Å². The van der Waals surface area contributed by atoms with Gasteiger partial charge >= 0.3 is 6.18 Å². The van der Waals surface area contributed by atoms with Crippen LogP contribution in [0.4, 0.5) is 24.7 Å². The Morgan fingerprint density at radius 1 is 1.30 bits per heavy atom. The molecule has 2 rings (SSSR count). The number of ether oxygens (including phenoxy) is 1. The highest BCUT2D eigenvalue weighted by Crippen LogP contribution is 2.35. The lowest BCUT2D eigenvalue weighted by molar-refractivity contribution is -0.0914. The van der Waals surface area contributed by atoms with Gasteiger partial charge in [-0.25, -0.2) is 9.97 Å². The van der Waals surface area contributed by atoms with Crippen molar-refractivity contribution in [1.29, 1.82) is 0 Å². The number of aliphatic imine (C=N–C) groups is 3. The van der Waals surface area contributed by atoms with E-state index in [4.69, 9.17) is 10.5 Å². The summed E-state index contributed by atoms with van der Waals surface area (Å²) in [5.41, 5.74) is 4.40. The zero-order chi connectivity index (χ0) is 20.0. The molecule has 1 aromatic rings. The molecule has 0 atom stereocenters. The van der Waals surface area contributed by atoms with Gasteiger partial charge in [0, 0.05) is 19.3 Å². The van der Waals surface area contributed by atoms with Gasteiger partial charge in [-0.3, -0.25) is 15.0 Å². The van der Waals surface area contributed by atoms with E-state index in [0.717, 1.165) is 6.21 Å². The number of hydrogen-bond acceptors (Lipinski definition) is 8. The van der Waals surface area contributed by atoms with Crippen LogP contribution in [0.3, 0.4) is 0 Å². The molecule has 146 valence electrons. The molecule has 0 amide bonds. The van der Waals surface area contributed by atoms with Gasteiger partial charge in [-0.1, -0.05) is 0 Å². The van der Waals surface area contributed by atoms with Crippen LogP contribution in [0.15, 0.2) is 20.7 Å². The molecule has 0 radical (unpaired) electrons. The standard InChI is InChI=1S/C16H20F3N7O/c1-10-12(21-2)15(26-4-6-27-7-5-26)25-14(24-10)11(8-23-9-20)13(22-3)16(17,18)19/h8H,2-7,9,20H2,1H3/b13-11+,23-8-. The summed E-state index contributed by atoms with van der Waals surface area (Å²) >= 11 is 0. The van der Waals surface area contributed by atoms with Gasteiger partial charge in [0.1, 0.15) is 5.69 Å². The van der Waals surface area contributed by atoms with E-state index in [2.05, 4.69) is 38.4 Å². The number of rotatable bonds is 6. The lowest BCUT2D eigenvalue weighted by atomic mass is 10.1. The Balaban J connectivity index is 2.71. The minimum atomic E-state index is -4.76. The summed E-state index contributed by atoms with van der Waals surface area (Å²) < 4.78 is 45.5. The molecule has 0 aromatic carbocycles. The molecule has 11 heteroatoms. The van der Waals surface area contributed by atoms with Crippen LogP contribution in [0.1, 0.15) is 11.5 Å². The van der Waals surface area contributed by atoms with Crippen LogP contribution in [-0.2, 0) is 4.74 Å². The number of aromatic nitrogens is 2. The minimum Gasteiger partial charge on any atom is -0.378 e. The highest BCUT2D eigenvalue weighted by molar-refractivity contribution is 6.10. The van der Waals surface area contributed by atoms with Crippen molar-refractivity contribution in [2.45, 2.75) is 13.1 Å². The monoisotopic (exact) mass is 383 g/mol. The van der Waals surface area contributed by atoms with Gasteiger partial charge in [-0.15, -0.1) is 0 Å². The van der Waals surface area contributed by atoms with Gasteiger partial charge in [0.15, 0.2) is 17.3 Å². The van der Waals surface area contributed by atoms with Crippen LogP contribution in [0.2, 0.25) is 0 Å². The smallest absolute Gasteiger partial charge is 0.378 e. The maximum Gasteiger partial charge on any atom is 0.434 e. The second-order valence-corrected chi connectivity index (χ2v) is 5.47. The van der Waals surface area contributed by atoms with E-state index >= 15 is 0 Å². The predicted octanol–water partition coefficient (Wildman–Crippen LogP) is 1.91. The Bertz CT molecular complexity index is 768. The average molecular weight is 383 g/mol. The Labute approximate surface area is 154 Å². The molecule has 8 nitrogen and oxygen atoms in total. The van der Waals surface area contributed by atoms with E-state index < -0.39 is 17.4 Å². The van der Waals surface area contributed by atoms with E-state index in [0.29, 0.717) is 43.5 Å². The second-order valence-electron chi connectivity index (χ2n) is 5.47. The Morgan fingerprint density at radius 3 is 2.48 bits per heavy atom. The fourth-order valence-electron chi connectivity index (χ4n) is 2.55. The first kappa shape index (κ1) is 20.6. The van der Waals surface area contributed by atoms with Crippen molar-refractivity contribution in [3.05, 3.63) is 17.2 Å². The van der Waals surface area contributed by atoms with E-state index in [9.17, 15) is 13.2 Å². The fourth-order valence-corrected chi connectivity index (χ4v) is 2.55. The summed E-state index contributed by atoms with van der Waals surface area (Å²) in [6, 6.07) is 0. The summed E-state index contributed by atoms with van der Waals surface area (Å²) in [7, 11) is 0. The molecule has 0 saturated carbocycles. The van der Waals surface area contributed by atoms with E-state index in [-0.39, 0.29) is 12.5 Å². The summed E-state index contributed by atoms with van der Waals surface area (Å²) in [4.78, 5) is 21.1. The third-order valence-corrected chi connectivity index (χ3v) is 3.76. The van der Waals surface area contributed by atoms with Crippen molar-refractivity contribution >= 4 is 36.7 Å². The first-order valence-electron chi connectivity index (χ1n) is 8.00. The molecule has 1 saturated heterocycles. The third kappa shape index (κ3) is 4.74. The van der Waals surface area contributed by atoms with E-state index in [1.165, 1.54) is 0 Å². The summed E-state index contributed by atoms with van der Waals surface area (Å²) in [6.07, 6.45) is -3.81. The molecular formula is C16H20F3N7O. The number of alkyl halides is 3. The first-order chi connectivity index (χ1) is 12.8. The van der Waals surface area contributed by atoms with E-state index in [1.54, 1.807) is 6.92 Å². The Hall–Kier alpha value is -2.66. The molecule has 0 spiro atoms. The van der Waals surface area contributed by atoms with E-state index in [1.807, 2.05) is 4.90 Å². The molecular weight excluding hydrogens is 363 g/mol. The first-order valence-corrected chi connectivity index (χ1v) is 8.00. The zero-order valence-corrected chi connectivity index (χ0v) is 14.8. The lowest BCUT2D eigenvalue weighted by Gasteiger charge is -2.29. The van der Waals surface area contributed by atoms with Crippen molar-refractivity contribution in [2.24, 2.45) is 20.7 Å². The topological polar surface area (TPSA) is 101 Å². The van der Waals surface area contributed by atoms with Crippen LogP contribution < -0.4 is 10.6 Å². The molecule has 1 aromatic heterocycles. The molecule has 0 unspecified atom stereocenters. The van der Waals surface area contributed by atoms with Gasteiger partial charge in [-0.05, 0) is 20.4 Å². The van der Waals surface area contributed by atoms with Crippen molar-refractivity contribution in [3.63, 3.8) is 0 Å². The maximum absolute atomic E-state index is 13.4. The number of anilines is 1. The number of hydrogen-bond donors (Lipinski definition) is 1. The SMILES string of the molecule is C=N/C(=C(\C=N/CN)c1nc(C)c(N=C)c(N2CCOCC2)n1)C(F)(F)F. The average Bonchev–Trinajstić information content (AvgIpc) is 2.64. The fraction of sp³-hybridized carbons (Fsp3) is 0.438. The molecule has 1 aliphatic rings. The molecule has 1 fully saturated rings. The summed E-state index contributed by atoms with van der Waals surface area (Å²) in [5.74, 6) is 0.179. The van der Waals surface area contributed by atoms with Crippen LogP contribution in [0.25, 0.3) is 5.57 Å². The van der Waals surface area contributed by atoms with Crippen molar-refractivity contribution in [2.75, 3.05) is 37.9 Å². The highest BCUT2D eigenvalue weighted by Gasteiger charge is 2.37. The zero-order valence-electron chi connectivity index (χ0n) is 14.8. The number of aryl methyl sites for hydroxylation is 1. The number of halogens is 3. The molecule has 2 N–H and O–H groups in total. The van der Waals surface area contributed by atoms with Crippen molar-refractivity contribution in [3.8, 4) is 0 Å². The second kappa shape index (κ2) is 8.82. The predicted molar refractivity (Wildman–Crippen MR) is 99.1 cm³/mol. The van der Waals surface area contributed by atoms with Gasteiger partial charge in [0.25, 0.3) is 0 Å². The van der Waals surface area contributed by atoms with Crippen molar-refractivity contribution < 1.29 is 17.9 Å². The van der Waals surface area contributed by atoms with Crippen LogP contribution in [0.5, 0.6) is 0 Å². The minimum absolute atomic E-state index is 0.196. The van der Waals surface area contributed by atoms with Gasteiger partial charge in [0.05, 0.1) is 31.1 Å². The normalized spacial score (nSPS) is 16.4. The molecule has 0 aliphatic carbocycles. The summed E-state index contributed by atoms with van der Waals surface area (Å²) in [6.45, 7) is 9.91. The highest BCUT2D eigenvalue weighted by atomic mass is 19.4. The maximum atomic E-state index is 13.4. The molecule has 27 heavy (non-hydrogen) atoms. The van der Waals surface area contributed by atoms with Crippen molar-refractivity contribution in [1.82, 2.24) is 9.97 Å². The Morgan fingerprint density at radius 2 is 1.96 bits per heavy atom. The third-order valence-electron chi connectivity index (χ3n) is 3.76. The van der Waals surface area contributed by atoms with Gasteiger partial charge in [-0.2, -0.15) is 13.2 Å². The number of nitrogens with two attached hydrogens (primary N) is 1. The van der Waals surface area contributed by atoms with Crippen LogP contribution in [-0.4, -0.2) is 68.8 Å². The lowest BCUT2D eigenvalue weighted by Crippen LogP contribution is -2.37. The molecule has 1 aliphatic heterocycles. The quantitative estimate of drug-likeness (QED) is 0.756. The Kier molecular flexibility index (Phi) is 6.75. The summed E-state index contributed by atoms with van der Waals surface area (Å²) in [5, 5.41) is 0. The number of morpholine rings is 1. The number of allylic oxidation sites excluding steroid dienone is 2. The largest absolute Gasteiger partial charge is 0.434 e. The number of nitrogens with zero attached hydrogens (tertiary/aromatic N) is 6. The molecule has 2 heterocycles. The van der Waals surface area contributed by atoms with Crippen LogP contribution in [0, 0.1) is 6.92 Å². The van der Waals surface area contributed by atoms with Gasteiger partial charge < -0.3 is 15.4 Å². The molecule has 0 bridgehead atoms.